The van der Waals surface area contributed by atoms with Crippen LogP contribution >= 0.6 is 0 Å². The summed E-state index contributed by atoms with van der Waals surface area (Å²) >= 11 is 0. The first kappa shape index (κ1) is 17.8. The molecular weight excluding hydrogens is 338 g/mol. The van der Waals surface area contributed by atoms with Gasteiger partial charge in [0.2, 0.25) is 0 Å². The molecule has 0 aromatic heterocycles. The molecule has 0 spiro atoms. The Balaban J connectivity index is 1.54. The fourth-order valence-electron chi connectivity index (χ4n) is 3.09. The number of halogens is 2. The van der Waals surface area contributed by atoms with Gasteiger partial charge < -0.3 is 15.1 Å². The largest absolute Gasteiger partial charge is 0.359 e. The maximum Gasteiger partial charge on any atom is 0.279 e. The topological polar surface area (TPSA) is 60.6 Å². The molecule has 2 N–H and O–H groups in total. The molecule has 1 aliphatic rings. The molecule has 1 aliphatic heterocycles. The van der Waals surface area contributed by atoms with Gasteiger partial charge >= 0.3 is 0 Å². The van der Waals surface area contributed by atoms with Gasteiger partial charge in [-0.3, -0.25) is 4.79 Å². The zero-order valence-corrected chi connectivity index (χ0v) is 14.1. The molecule has 1 saturated heterocycles. The van der Waals surface area contributed by atoms with Crippen LogP contribution in [-0.4, -0.2) is 38.6 Å². The van der Waals surface area contributed by atoms with Crippen LogP contribution in [-0.2, 0) is 4.79 Å². The maximum absolute atomic E-state index is 13.8. The fourth-order valence-corrected chi connectivity index (χ4v) is 3.09. The van der Waals surface area contributed by atoms with Crippen molar-refractivity contribution < 1.29 is 18.5 Å². The van der Waals surface area contributed by atoms with E-state index in [1.54, 1.807) is 12.1 Å². The number of nitriles is 1. The molecule has 26 heavy (non-hydrogen) atoms. The molecule has 3 rings (SSSR count). The van der Waals surface area contributed by atoms with Gasteiger partial charge in [0.05, 0.1) is 31.9 Å². The van der Waals surface area contributed by atoms with E-state index in [1.165, 1.54) is 30.3 Å². The molecule has 0 aliphatic carbocycles. The molecule has 2 aromatic carbocycles. The summed E-state index contributed by atoms with van der Waals surface area (Å²) in [6.45, 7) is 2.99. The minimum atomic E-state index is -0.515. The van der Waals surface area contributed by atoms with E-state index >= 15 is 0 Å². The Morgan fingerprint density at radius 3 is 2.50 bits per heavy atom. The number of carbonyl (C=O) groups excluding carboxylic acids is 1. The molecule has 0 atom stereocenters. The van der Waals surface area contributed by atoms with Gasteiger partial charge in [0.15, 0.2) is 6.54 Å². The van der Waals surface area contributed by atoms with Gasteiger partial charge in [0.1, 0.15) is 23.3 Å². The predicted molar refractivity (Wildman–Crippen MR) is 93.9 cm³/mol. The number of hydrogen-bond donors (Lipinski definition) is 2. The van der Waals surface area contributed by atoms with Crippen LogP contribution in [0.25, 0.3) is 0 Å². The molecule has 0 bridgehead atoms. The molecular formula is C19H19F2N4O+. The highest BCUT2D eigenvalue weighted by atomic mass is 19.1. The van der Waals surface area contributed by atoms with Crippen molar-refractivity contribution in [3.8, 4) is 6.07 Å². The van der Waals surface area contributed by atoms with Crippen molar-refractivity contribution in [2.24, 2.45) is 0 Å². The third-order valence-electron chi connectivity index (χ3n) is 4.45. The average Bonchev–Trinajstić information content (AvgIpc) is 2.64. The number of nitrogens with one attached hydrogen (secondary N) is 2. The molecule has 1 amide bonds. The number of hydrogen-bond acceptors (Lipinski definition) is 3. The Bertz CT molecular complexity index is 824. The first-order valence-corrected chi connectivity index (χ1v) is 8.39. The first-order valence-electron chi connectivity index (χ1n) is 8.39. The van der Waals surface area contributed by atoms with E-state index in [4.69, 9.17) is 5.26 Å². The smallest absolute Gasteiger partial charge is 0.279 e. The quantitative estimate of drug-likeness (QED) is 0.864. The zero-order chi connectivity index (χ0) is 18.5. The van der Waals surface area contributed by atoms with Crippen molar-refractivity contribution in [3.63, 3.8) is 0 Å². The molecule has 7 heteroatoms. The lowest BCUT2D eigenvalue weighted by atomic mass is 10.1. The summed E-state index contributed by atoms with van der Waals surface area (Å²) in [6, 6.07) is 12.2. The predicted octanol–water partition coefficient (Wildman–Crippen LogP) is 1.18. The lowest BCUT2D eigenvalue weighted by molar-refractivity contribution is -0.892. The van der Waals surface area contributed by atoms with Crippen LogP contribution in [0.15, 0.2) is 42.5 Å². The number of carbonyl (C=O) groups is 1. The summed E-state index contributed by atoms with van der Waals surface area (Å²) in [4.78, 5) is 15.2. The number of quaternary nitrogens is 1. The van der Waals surface area contributed by atoms with Crippen LogP contribution in [0.3, 0.4) is 0 Å². The Morgan fingerprint density at radius 1 is 1.15 bits per heavy atom. The lowest BCUT2D eigenvalue weighted by Crippen LogP contribution is -3.15. The van der Waals surface area contributed by atoms with E-state index in [9.17, 15) is 13.6 Å². The van der Waals surface area contributed by atoms with E-state index < -0.39 is 5.82 Å². The monoisotopic (exact) mass is 357 g/mol. The van der Waals surface area contributed by atoms with Crippen molar-refractivity contribution in [1.29, 1.82) is 5.26 Å². The summed E-state index contributed by atoms with van der Waals surface area (Å²) in [5.74, 6) is -0.999. The van der Waals surface area contributed by atoms with E-state index in [-0.39, 0.29) is 17.3 Å². The Morgan fingerprint density at radius 2 is 1.85 bits per heavy atom. The van der Waals surface area contributed by atoms with Crippen molar-refractivity contribution in [3.05, 3.63) is 59.7 Å². The van der Waals surface area contributed by atoms with Gasteiger partial charge in [-0.15, -0.1) is 0 Å². The minimum absolute atomic E-state index is 0.0602. The van der Waals surface area contributed by atoms with Crippen LogP contribution in [0.5, 0.6) is 0 Å². The second-order valence-corrected chi connectivity index (χ2v) is 6.21. The van der Waals surface area contributed by atoms with E-state index in [2.05, 4.69) is 5.32 Å². The highest BCUT2D eigenvalue weighted by Gasteiger charge is 2.24. The van der Waals surface area contributed by atoms with E-state index in [0.29, 0.717) is 44.1 Å². The second kappa shape index (κ2) is 7.93. The molecule has 0 radical (unpaired) electrons. The number of benzene rings is 2. The van der Waals surface area contributed by atoms with Crippen LogP contribution in [0.1, 0.15) is 5.56 Å². The van der Waals surface area contributed by atoms with Crippen LogP contribution < -0.4 is 15.1 Å². The number of amides is 1. The van der Waals surface area contributed by atoms with E-state index in [1.807, 2.05) is 11.0 Å². The van der Waals surface area contributed by atoms with Crippen LogP contribution in [0.2, 0.25) is 0 Å². The molecule has 5 nitrogen and oxygen atoms in total. The molecule has 2 aromatic rings. The minimum Gasteiger partial charge on any atom is -0.359 e. The summed E-state index contributed by atoms with van der Waals surface area (Å²) < 4.78 is 26.6. The number of anilines is 2. The van der Waals surface area contributed by atoms with Gasteiger partial charge in [0.25, 0.3) is 5.91 Å². The standard InChI is InChI=1S/C19H18F2N4O/c20-14-4-6-15(7-5-14)23-19(26)13-24-8-10-25(11-9-24)18-3-1-2-17(21)16(18)12-22/h1-7H,8-11,13H2,(H,23,26)/p+1. The van der Waals surface area contributed by atoms with Gasteiger partial charge in [-0.1, -0.05) is 6.07 Å². The summed E-state index contributed by atoms with van der Waals surface area (Å²) in [7, 11) is 0. The number of rotatable bonds is 4. The number of nitrogens with zero attached hydrogens (tertiary/aromatic N) is 2. The third-order valence-corrected chi connectivity index (χ3v) is 4.45. The second-order valence-electron chi connectivity index (χ2n) is 6.21. The highest BCUT2D eigenvalue weighted by Crippen LogP contribution is 2.22. The Kier molecular flexibility index (Phi) is 5.44. The third kappa shape index (κ3) is 4.16. The number of piperazine rings is 1. The Labute approximate surface area is 150 Å². The molecule has 1 fully saturated rings. The van der Waals surface area contributed by atoms with Crippen molar-refractivity contribution in [2.45, 2.75) is 0 Å². The SMILES string of the molecule is N#Cc1c(F)cccc1N1CC[NH+](CC(=O)Nc2ccc(F)cc2)CC1. The van der Waals surface area contributed by atoms with Crippen LogP contribution in [0.4, 0.5) is 20.2 Å². The van der Waals surface area contributed by atoms with Gasteiger partial charge in [-0.05, 0) is 36.4 Å². The fraction of sp³-hybridized carbons (Fsp3) is 0.263. The normalized spacial score (nSPS) is 14.7. The van der Waals surface area contributed by atoms with Crippen LogP contribution in [0, 0.1) is 23.0 Å². The maximum atomic E-state index is 13.8. The van der Waals surface area contributed by atoms with Gasteiger partial charge in [0, 0.05) is 5.69 Å². The van der Waals surface area contributed by atoms with Gasteiger partial charge in [-0.2, -0.15) is 5.26 Å². The van der Waals surface area contributed by atoms with Gasteiger partial charge in [-0.25, -0.2) is 8.78 Å². The Hall–Kier alpha value is -2.98. The molecule has 0 unspecified atom stereocenters. The summed E-state index contributed by atoms with van der Waals surface area (Å²) in [5.41, 5.74) is 1.22. The molecule has 1 heterocycles. The highest BCUT2D eigenvalue weighted by molar-refractivity contribution is 5.91. The first-order chi connectivity index (χ1) is 12.6. The zero-order valence-electron chi connectivity index (χ0n) is 14.1. The average molecular weight is 357 g/mol. The van der Waals surface area contributed by atoms with E-state index in [0.717, 1.165) is 4.90 Å². The van der Waals surface area contributed by atoms with Crippen molar-refractivity contribution in [1.82, 2.24) is 0 Å². The van der Waals surface area contributed by atoms with Crippen molar-refractivity contribution >= 4 is 17.3 Å². The molecule has 0 saturated carbocycles. The summed E-state index contributed by atoms with van der Waals surface area (Å²) in [6.07, 6.45) is 0. The summed E-state index contributed by atoms with van der Waals surface area (Å²) in [5, 5.41) is 11.9. The molecule has 134 valence electrons. The van der Waals surface area contributed by atoms with Crippen molar-refractivity contribution in [2.75, 3.05) is 42.9 Å². The lowest BCUT2D eigenvalue weighted by Gasteiger charge is -2.33.